The van der Waals surface area contributed by atoms with Crippen LogP contribution in [0.1, 0.15) is 39.5 Å². The van der Waals surface area contributed by atoms with Crippen LogP contribution in [0.15, 0.2) is 0 Å². The van der Waals surface area contributed by atoms with Crippen LogP contribution in [0.2, 0.25) is 0 Å². The zero-order valence-electron chi connectivity index (χ0n) is 18.8. The standard InChI is InChI=1S/C19H33N5O8S/c1-4-9(2)15(21)18(30)24-11(7-13(20)25)16(28)23-12(8-14(26)27)17(29)22-10(19(31)32)5-6-33-3/h9-12,15H,4-8,21H2,1-3H3,(H2,20,25)(H,22,29)(H,23,28)(H,24,30)(H,26,27)(H,31,32). The Hall–Kier alpha value is -2.87. The Bertz CT molecular complexity index is 735. The molecule has 4 amide bonds. The third-order valence-corrected chi connectivity index (χ3v) is 5.48. The van der Waals surface area contributed by atoms with E-state index in [2.05, 4.69) is 16.0 Å². The van der Waals surface area contributed by atoms with E-state index in [-0.39, 0.29) is 12.3 Å². The summed E-state index contributed by atoms with van der Waals surface area (Å²) >= 11 is 1.35. The number of carboxylic acid groups (broad SMARTS) is 2. The number of nitrogens with two attached hydrogens (primary N) is 2. The molecule has 0 aromatic rings. The van der Waals surface area contributed by atoms with E-state index in [1.807, 2.05) is 6.92 Å². The van der Waals surface area contributed by atoms with Crippen LogP contribution < -0.4 is 27.4 Å². The van der Waals surface area contributed by atoms with Crippen molar-refractivity contribution < 1.29 is 39.0 Å². The average Bonchev–Trinajstić information content (AvgIpc) is 2.73. The molecule has 0 saturated heterocycles. The van der Waals surface area contributed by atoms with E-state index in [4.69, 9.17) is 16.6 Å². The Morgan fingerprint density at radius 2 is 1.36 bits per heavy atom. The Morgan fingerprint density at radius 3 is 1.79 bits per heavy atom. The third kappa shape index (κ3) is 11.5. The number of amides is 4. The third-order valence-electron chi connectivity index (χ3n) is 4.83. The van der Waals surface area contributed by atoms with E-state index in [1.165, 1.54) is 11.8 Å². The molecule has 0 aliphatic heterocycles. The smallest absolute Gasteiger partial charge is 0.326 e. The van der Waals surface area contributed by atoms with Crippen LogP contribution in [0, 0.1) is 5.92 Å². The van der Waals surface area contributed by atoms with Crippen molar-refractivity contribution in [3.63, 3.8) is 0 Å². The summed E-state index contributed by atoms with van der Waals surface area (Å²) in [4.78, 5) is 71.5. The number of aliphatic carboxylic acids is 2. The molecule has 0 rings (SSSR count). The van der Waals surface area contributed by atoms with Crippen molar-refractivity contribution in [1.29, 1.82) is 0 Å². The zero-order chi connectivity index (χ0) is 25.7. The van der Waals surface area contributed by atoms with E-state index in [0.717, 1.165) is 0 Å². The van der Waals surface area contributed by atoms with Crippen molar-refractivity contribution in [2.45, 2.75) is 63.7 Å². The molecular formula is C19H33N5O8S. The molecule has 0 aromatic heterocycles. The topological polar surface area (TPSA) is 231 Å². The lowest BCUT2D eigenvalue weighted by atomic mass is 9.99. The van der Waals surface area contributed by atoms with Crippen LogP contribution in [-0.4, -0.2) is 82.0 Å². The molecule has 0 saturated carbocycles. The maximum absolute atomic E-state index is 12.7. The van der Waals surface area contributed by atoms with Crippen LogP contribution in [-0.2, 0) is 28.8 Å². The highest BCUT2D eigenvalue weighted by Crippen LogP contribution is 2.07. The van der Waals surface area contributed by atoms with Gasteiger partial charge in [0.25, 0.3) is 0 Å². The minimum absolute atomic E-state index is 0.0733. The molecule has 14 heteroatoms. The number of carbonyl (C=O) groups is 6. The molecule has 0 radical (unpaired) electrons. The summed E-state index contributed by atoms with van der Waals surface area (Å²) < 4.78 is 0. The zero-order valence-corrected chi connectivity index (χ0v) is 19.6. The van der Waals surface area contributed by atoms with E-state index in [9.17, 15) is 33.9 Å². The molecule has 0 fully saturated rings. The van der Waals surface area contributed by atoms with E-state index in [1.54, 1.807) is 13.2 Å². The van der Waals surface area contributed by atoms with Crippen LogP contribution >= 0.6 is 11.8 Å². The molecule has 0 bridgehead atoms. The first kappa shape index (κ1) is 30.1. The lowest BCUT2D eigenvalue weighted by Gasteiger charge is -2.25. The molecule has 0 aliphatic carbocycles. The molecule has 188 valence electrons. The lowest BCUT2D eigenvalue weighted by molar-refractivity contribution is -0.144. The first-order chi connectivity index (χ1) is 15.3. The molecule has 33 heavy (non-hydrogen) atoms. The second kappa shape index (κ2) is 15.1. The minimum atomic E-state index is -1.67. The Kier molecular flexibility index (Phi) is 13.7. The van der Waals surface area contributed by atoms with Gasteiger partial charge >= 0.3 is 11.9 Å². The van der Waals surface area contributed by atoms with Crippen LogP contribution in [0.4, 0.5) is 0 Å². The van der Waals surface area contributed by atoms with Gasteiger partial charge in [-0.25, -0.2) is 4.79 Å². The first-order valence-corrected chi connectivity index (χ1v) is 11.6. The van der Waals surface area contributed by atoms with Gasteiger partial charge in [0.05, 0.1) is 18.9 Å². The number of nitrogens with one attached hydrogen (secondary N) is 3. The summed E-state index contributed by atoms with van der Waals surface area (Å²) in [5.74, 6) is -6.34. The molecule has 13 nitrogen and oxygen atoms in total. The second-order valence-corrected chi connectivity index (χ2v) is 8.47. The number of carbonyl (C=O) groups excluding carboxylic acids is 4. The number of hydrogen-bond acceptors (Lipinski definition) is 8. The van der Waals surface area contributed by atoms with Crippen LogP contribution in [0.3, 0.4) is 0 Å². The van der Waals surface area contributed by atoms with Gasteiger partial charge in [0.15, 0.2) is 0 Å². The molecule has 0 heterocycles. The molecule has 5 atom stereocenters. The summed E-state index contributed by atoms with van der Waals surface area (Å²) in [6.45, 7) is 3.53. The highest BCUT2D eigenvalue weighted by atomic mass is 32.2. The molecule has 0 aromatic carbocycles. The lowest BCUT2D eigenvalue weighted by Crippen LogP contribution is -2.58. The summed E-state index contributed by atoms with van der Waals surface area (Å²) in [7, 11) is 0. The highest BCUT2D eigenvalue weighted by molar-refractivity contribution is 7.98. The van der Waals surface area contributed by atoms with Crippen LogP contribution in [0.5, 0.6) is 0 Å². The SMILES string of the molecule is CCC(C)C(N)C(=O)NC(CC(N)=O)C(=O)NC(CC(=O)O)C(=O)NC(CCSC)C(=O)O. The molecular weight excluding hydrogens is 458 g/mol. The van der Waals surface area contributed by atoms with Gasteiger partial charge in [0.1, 0.15) is 18.1 Å². The predicted molar refractivity (Wildman–Crippen MR) is 120 cm³/mol. The van der Waals surface area contributed by atoms with Crippen molar-refractivity contribution in [1.82, 2.24) is 16.0 Å². The van der Waals surface area contributed by atoms with Gasteiger partial charge in [-0.2, -0.15) is 11.8 Å². The van der Waals surface area contributed by atoms with Gasteiger partial charge < -0.3 is 37.6 Å². The van der Waals surface area contributed by atoms with Crippen LogP contribution in [0.25, 0.3) is 0 Å². The normalized spacial score (nSPS) is 15.3. The molecule has 0 aliphatic rings. The van der Waals surface area contributed by atoms with Gasteiger partial charge in [-0.3, -0.25) is 24.0 Å². The number of primary amides is 1. The Morgan fingerprint density at radius 1 is 0.879 bits per heavy atom. The molecule has 9 N–H and O–H groups in total. The van der Waals surface area contributed by atoms with Crippen molar-refractivity contribution in [3.8, 4) is 0 Å². The summed E-state index contributed by atoms with van der Waals surface area (Å²) in [5, 5.41) is 25.0. The Labute approximate surface area is 195 Å². The fourth-order valence-electron chi connectivity index (χ4n) is 2.61. The van der Waals surface area contributed by atoms with Crippen molar-refractivity contribution in [2.75, 3.05) is 12.0 Å². The van der Waals surface area contributed by atoms with Gasteiger partial charge in [0.2, 0.25) is 23.6 Å². The average molecular weight is 492 g/mol. The second-order valence-electron chi connectivity index (χ2n) is 7.48. The van der Waals surface area contributed by atoms with Crippen molar-refractivity contribution in [2.24, 2.45) is 17.4 Å². The van der Waals surface area contributed by atoms with Gasteiger partial charge in [-0.1, -0.05) is 20.3 Å². The Balaban J connectivity index is 5.54. The largest absolute Gasteiger partial charge is 0.481 e. The minimum Gasteiger partial charge on any atom is -0.481 e. The summed E-state index contributed by atoms with van der Waals surface area (Å²) in [6, 6.07) is -5.46. The number of rotatable bonds is 16. The van der Waals surface area contributed by atoms with E-state index in [0.29, 0.717) is 12.2 Å². The van der Waals surface area contributed by atoms with Gasteiger partial charge in [-0.05, 0) is 24.3 Å². The molecule has 0 spiro atoms. The predicted octanol–water partition coefficient (Wildman–Crippen LogP) is -2.00. The molecule has 5 unspecified atom stereocenters. The fraction of sp³-hybridized carbons (Fsp3) is 0.684. The van der Waals surface area contributed by atoms with E-state index < -0.39 is 72.6 Å². The maximum Gasteiger partial charge on any atom is 0.326 e. The monoisotopic (exact) mass is 491 g/mol. The summed E-state index contributed by atoms with van der Waals surface area (Å²) in [6.07, 6.45) is 0.898. The van der Waals surface area contributed by atoms with E-state index >= 15 is 0 Å². The highest BCUT2D eigenvalue weighted by Gasteiger charge is 2.32. The van der Waals surface area contributed by atoms with Gasteiger partial charge in [0, 0.05) is 0 Å². The number of carboxylic acids is 2. The quantitative estimate of drug-likeness (QED) is 0.125. The maximum atomic E-state index is 12.7. The van der Waals surface area contributed by atoms with Crippen molar-refractivity contribution >= 4 is 47.3 Å². The number of thioether (sulfide) groups is 1. The fourth-order valence-corrected chi connectivity index (χ4v) is 3.08. The van der Waals surface area contributed by atoms with Gasteiger partial charge in [-0.15, -0.1) is 0 Å². The first-order valence-electron chi connectivity index (χ1n) is 10.2. The number of hydrogen-bond donors (Lipinski definition) is 7. The van der Waals surface area contributed by atoms with Crippen molar-refractivity contribution in [3.05, 3.63) is 0 Å². The summed E-state index contributed by atoms with van der Waals surface area (Å²) in [5.41, 5.74) is 11.0.